The standard InChI is InChI=1S/C18H21N3/c1-5-13-9-8-12-16(19-13)18(2,3)17-20-14-10-6-7-11-15(14)21(17)4/h6-12H,5H2,1-4H3. The number of hydrogen-bond acceptors (Lipinski definition) is 2. The van der Waals surface area contributed by atoms with E-state index in [2.05, 4.69) is 68.8 Å². The fraction of sp³-hybridized carbons (Fsp3) is 0.333. The molecule has 0 aliphatic carbocycles. The van der Waals surface area contributed by atoms with Gasteiger partial charge >= 0.3 is 0 Å². The van der Waals surface area contributed by atoms with Gasteiger partial charge in [0, 0.05) is 12.7 Å². The summed E-state index contributed by atoms with van der Waals surface area (Å²) < 4.78 is 2.18. The molecule has 2 heterocycles. The van der Waals surface area contributed by atoms with Gasteiger partial charge in [-0.1, -0.05) is 25.1 Å². The molecule has 0 aliphatic heterocycles. The van der Waals surface area contributed by atoms with Crippen LogP contribution in [0.15, 0.2) is 42.5 Å². The van der Waals surface area contributed by atoms with Crippen LogP contribution in [0, 0.1) is 0 Å². The zero-order valence-electron chi connectivity index (χ0n) is 13.1. The second-order valence-electron chi connectivity index (χ2n) is 5.98. The molecule has 3 nitrogen and oxygen atoms in total. The topological polar surface area (TPSA) is 30.7 Å². The molecule has 0 saturated heterocycles. The molecule has 0 atom stereocenters. The second kappa shape index (κ2) is 4.99. The first-order valence-electron chi connectivity index (χ1n) is 7.42. The van der Waals surface area contributed by atoms with Gasteiger partial charge in [0.25, 0.3) is 0 Å². The van der Waals surface area contributed by atoms with Crippen molar-refractivity contribution in [3.05, 3.63) is 59.7 Å². The summed E-state index contributed by atoms with van der Waals surface area (Å²) in [6.07, 6.45) is 0.951. The van der Waals surface area contributed by atoms with E-state index in [1.165, 1.54) is 0 Å². The quantitative estimate of drug-likeness (QED) is 0.729. The summed E-state index contributed by atoms with van der Waals surface area (Å²) in [6.45, 7) is 6.51. The molecule has 0 unspecified atom stereocenters. The van der Waals surface area contributed by atoms with Crippen molar-refractivity contribution in [2.75, 3.05) is 0 Å². The molecule has 3 heteroatoms. The number of rotatable bonds is 3. The molecule has 3 aromatic rings. The Balaban J connectivity index is 2.17. The van der Waals surface area contributed by atoms with Crippen molar-refractivity contribution >= 4 is 11.0 Å². The van der Waals surface area contributed by atoms with E-state index in [0.717, 1.165) is 34.7 Å². The Morgan fingerprint density at radius 2 is 1.76 bits per heavy atom. The first kappa shape index (κ1) is 13.8. The zero-order chi connectivity index (χ0) is 15.0. The lowest BCUT2D eigenvalue weighted by Crippen LogP contribution is -2.25. The monoisotopic (exact) mass is 279 g/mol. The Bertz CT molecular complexity index is 784. The molecular formula is C18H21N3. The van der Waals surface area contributed by atoms with Crippen molar-refractivity contribution in [1.29, 1.82) is 0 Å². The van der Waals surface area contributed by atoms with Crippen LogP contribution in [0.3, 0.4) is 0 Å². The van der Waals surface area contributed by atoms with E-state index >= 15 is 0 Å². The van der Waals surface area contributed by atoms with Crippen molar-refractivity contribution in [2.45, 2.75) is 32.6 Å². The molecule has 0 amide bonds. The van der Waals surface area contributed by atoms with Crippen LogP contribution < -0.4 is 0 Å². The number of imidazole rings is 1. The van der Waals surface area contributed by atoms with Gasteiger partial charge in [0.2, 0.25) is 0 Å². The van der Waals surface area contributed by atoms with Crippen LogP contribution in [0.2, 0.25) is 0 Å². The average molecular weight is 279 g/mol. The summed E-state index contributed by atoms with van der Waals surface area (Å²) in [6, 6.07) is 14.5. The molecule has 2 aromatic heterocycles. The SMILES string of the molecule is CCc1cccc(C(C)(C)c2nc3ccccc3n2C)n1. The first-order valence-corrected chi connectivity index (χ1v) is 7.42. The van der Waals surface area contributed by atoms with Crippen LogP contribution in [0.25, 0.3) is 11.0 Å². The maximum Gasteiger partial charge on any atom is 0.121 e. The number of pyridine rings is 1. The largest absolute Gasteiger partial charge is 0.330 e. The van der Waals surface area contributed by atoms with Gasteiger partial charge in [-0.3, -0.25) is 4.98 Å². The number of para-hydroxylation sites is 2. The number of fused-ring (bicyclic) bond motifs is 1. The Morgan fingerprint density at radius 3 is 2.48 bits per heavy atom. The number of aryl methyl sites for hydroxylation is 2. The Labute approximate surface area is 125 Å². The molecule has 0 fully saturated rings. The van der Waals surface area contributed by atoms with E-state index < -0.39 is 0 Å². The van der Waals surface area contributed by atoms with Crippen LogP contribution in [0.1, 0.15) is 38.0 Å². The van der Waals surface area contributed by atoms with Gasteiger partial charge in [0.05, 0.1) is 22.1 Å². The Hall–Kier alpha value is -2.16. The minimum atomic E-state index is -0.223. The smallest absolute Gasteiger partial charge is 0.121 e. The minimum Gasteiger partial charge on any atom is -0.330 e. The van der Waals surface area contributed by atoms with E-state index in [4.69, 9.17) is 9.97 Å². The molecule has 0 bridgehead atoms. The summed E-state index contributed by atoms with van der Waals surface area (Å²) in [5.74, 6) is 1.05. The normalized spacial score (nSPS) is 12.0. The molecule has 0 radical (unpaired) electrons. The van der Waals surface area contributed by atoms with Crippen molar-refractivity contribution in [3.8, 4) is 0 Å². The summed E-state index contributed by atoms with van der Waals surface area (Å²) in [4.78, 5) is 9.64. The Morgan fingerprint density at radius 1 is 1.00 bits per heavy atom. The molecule has 3 rings (SSSR count). The van der Waals surface area contributed by atoms with Crippen LogP contribution >= 0.6 is 0 Å². The van der Waals surface area contributed by atoms with E-state index in [-0.39, 0.29) is 5.41 Å². The highest BCUT2D eigenvalue weighted by Crippen LogP contribution is 2.31. The highest BCUT2D eigenvalue weighted by molar-refractivity contribution is 5.76. The van der Waals surface area contributed by atoms with Gasteiger partial charge in [0.1, 0.15) is 5.82 Å². The molecule has 0 saturated carbocycles. The fourth-order valence-electron chi connectivity index (χ4n) is 2.84. The predicted molar refractivity (Wildman–Crippen MR) is 86.5 cm³/mol. The van der Waals surface area contributed by atoms with Gasteiger partial charge in [0.15, 0.2) is 0 Å². The fourth-order valence-corrected chi connectivity index (χ4v) is 2.84. The maximum absolute atomic E-state index is 4.84. The van der Waals surface area contributed by atoms with E-state index in [1.54, 1.807) is 0 Å². The van der Waals surface area contributed by atoms with E-state index in [0.29, 0.717) is 0 Å². The van der Waals surface area contributed by atoms with Crippen LogP contribution in [-0.2, 0) is 18.9 Å². The van der Waals surface area contributed by atoms with E-state index in [9.17, 15) is 0 Å². The molecule has 21 heavy (non-hydrogen) atoms. The van der Waals surface area contributed by atoms with Crippen molar-refractivity contribution < 1.29 is 0 Å². The third-order valence-electron chi connectivity index (χ3n) is 4.16. The molecule has 0 spiro atoms. The van der Waals surface area contributed by atoms with Gasteiger partial charge in [-0.25, -0.2) is 4.98 Å². The molecule has 1 aromatic carbocycles. The van der Waals surface area contributed by atoms with Crippen molar-refractivity contribution in [1.82, 2.24) is 14.5 Å². The van der Waals surface area contributed by atoms with Crippen molar-refractivity contribution in [3.63, 3.8) is 0 Å². The lowest BCUT2D eigenvalue weighted by atomic mass is 9.87. The van der Waals surface area contributed by atoms with Crippen molar-refractivity contribution in [2.24, 2.45) is 7.05 Å². The lowest BCUT2D eigenvalue weighted by molar-refractivity contribution is 0.548. The van der Waals surface area contributed by atoms with E-state index in [1.807, 2.05) is 6.07 Å². The number of hydrogen-bond donors (Lipinski definition) is 0. The molecular weight excluding hydrogens is 258 g/mol. The first-order chi connectivity index (χ1) is 10.0. The second-order valence-corrected chi connectivity index (χ2v) is 5.98. The van der Waals surface area contributed by atoms with Gasteiger partial charge in [-0.2, -0.15) is 0 Å². The molecule has 108 valence electrons. The van der Waals surface area contributed by atoms with Gasteiger partial charge in [-0.15, -0.1) is 0 Å². The van der Waals surface area contributed by atoms with Crippen LogP contribution in [0.5, 0.6) is 0 Å². The summed E-state index contributed by atoms with van der Waals surface area (Å²) in [5.41, 5.74) is 4.17. The summed E-state index contributed by atoms with van der Waals surface area (Å²) >= 11 is 0. The predicted octanol–water partition coefficient (Wildman–Crippen LogP) is 3.86. The summed E-state index contributed by atoms with van der Waals surface area (Å²) in [7, 11) is 2.08. The van der Waals surface area contributed by atoms with Crippen LogP contribution in [0.4, 0.5) is 0 Å². The molecule has 0 N–H and O–H groups in total. The third-order valence-corrected chi connectivity index (χ3v) is 4.16. The maximum atomic E-state index is 4.84. The third kappa shape index (κ3) is 2.23. The van der Waals surface area contributed by atoms with Crippen LogP contribution in [-0.4, -0.2) is 14.5 Å². The average Bonchev–Trinajstić information content (AvgIpc) is 2.86. The zero-order valence-corrected chi connectivity index (χ0v) is 13.1. The number of nitrogens with zero attached hydrogens (tertiary/aromatic N) is 3. The summed E-state index contributed by atoms with van der Waals surface area (Å²) in [5, 5.41) is 0. The Kier molecular flexibility index (Phi) is 3.28. The highest BCUT2D eigenvalue weighted by atomic mass is 15.1. The lowest BCUT2D eigenvalue weighted by Gasteiger charge is -2.24. The van der Waals surface area contributed by atoms with Gasteiger partial charge in [-0.05, 0) is 44.5 Å². The number of aromatic nitrogens is 3. The minimum absolute atomic E-state index is 0.223. The molecule has 0 aliphatic rings. The van der Waals surface area contributed by atoms with Gasteiger partial charge < -0.3 is 4.57 Å². The highest BCUT2D eigenvalue weighted by Gasteiger charge is 2.30. The number of benzene rings is 1.